The zero-order valence-corrected chi connectivity index (χ0v) is 8.01. The zero-order valence-electron chi connectivity index (χ0n) is 8.01. The third-order valence-corrected chi connectivity index (χ3v) is 1.79. The Bertz CT molecular complexity index is 287. The predicted molar refractivity (Wildman–Crippen MR) is 53.3 cm³/mol. The molecule has 1 amide bonds. The van der Waals surface area contributed by atoms with E-state index in [1.165, 1.54) is 12.0 Å². The molecular formula is C10H13NO3. The van der Waals surface area contributed by atoms with Crippen LogP contribution in [0.4, 0.5) is 10.5 Å². The monoisotopic (exact) mass is 195 g/mol. The maximum absolute atomic E-state index is 11.3. The van der Waals surface area contributed by atoms with Crippen LogP contribution in [0.1, 0.15) is 0 Å². The molecule has 1 rings (SSSR count). The summed E-state index contributed by atoms with van der Waals surface area (Å²) >= 11 is 0. The summed E-state index contributed by atoms with van der Waals surface area (Å²) in [5.41, 5.74) is 0.716. The van der Waals surface area contributed by atoms with Crippen molar-refractivity contribution in [2.45, 2.75) is 0 Å². The molecule has 0 aliphatic rings. The molecule has 0 bridgehead atoms. The van der Waals surface area contributed by atoms with Gasteiger partial charge in [0, 0.05) is 5.69 Å². The molecule has 4 heteroatoms. The number of hydrogen-bond donors (Lipinski definition) is 1. The molecule has 1 aromatic carbocycles. The van der Waals surface area contributed by atoms with Crippen LogP contribution in [0, 0.1) is 0 Å². The quantitative estimate of drug-likeness (QED) is 0.789. The molecule has 0 aromatic heterocycles. The van der Waals surface area contributed by atoms with Gasteiger partial charge in [-0.2, -0.15) is 0 Å². The number of benzene rings is 1. The van der Waals surface area contributed by atoms with Crippen LogP contribution in [0.5, 0.6) is 0 Å². The Labute approximate surface area is 82.7 Å². The van der Waals surface area contributed by atoms with Crippen LogP contribution in [-0.4, -0.2) is 31.5 Å². The molecule has 4 nitrogen and oxygen atoms in total. The molecule has 1 N–H and O–H groups in total. The molecule has 0 radical (unpaired) electrons. The second-order valence-electron chi connectivity index (χ2n) is 2.68. The first-order valence-corrected chi connectivity index (χ1v) is 4.31. The zero-order chi connectivity index (χ0) is 10.4. The average Bonchev–Trinajstić information content (AvgIpc) is 2.26. The number of carbonyl (C=O) groups is 1. The van der Waals surface area contributed by atoms with Gasteiger partial charge >= 0.3 is 6.09 Å². The molecule has 0 aliphatic heterocycles. The highest BCUT2D eigenvalue weighted by molar-refractivity contribution is 5.87. The Kier molecular flexibility index (Phi) is 3.94. The highest BCUT2D eigenvalue weighted by atomic mass is 16.5. The van der Waals surface area contributed by atoms with Crippen molar-refractivity contribution in [3.8, 4) is 0 Å². The minimum atomic E-state index is -0.467. The summed E-state index contributed by atoms with van der Waals surface area (Å²) in [5, 5.41) is 8.79. The Balaban J connectivity index is 2.83. The van der Waals surface area contributed by atoms with E-state index in [1.807, 2.05) is 18.2 Å². The van der Waals surface area contributed by atoms with E-state index in [4.69, 9.17) is 5.11 Å². The number of para-hydroxylation sites is 1. The van der Waals surface area contributed by atoms with Gasteiger partial charge in [-0.05, 0) is 12.1 Å². The number of aliphatic hydroxyl groups is 1. The Morgan fingerprint density at radius 3 is 2.57 bits per heavy atom. The summed E-state index contributed by atoms with van der Waals surface area (Å²) < 4.78 is 4.60. The highest BCUT2D eigenvalue weighted by Crippen LogP contribution is 2.13. The molecule has 0 unspecified atom stereocenters. The molecule has 0 atom stereocenters. The molecule has 1 aromatic rings. The Morgan fingerprint density at radius 1 is 1.43 bits per heavy atom. The largest absolute Gasteiger partial charge is 0.452 e. The number of amides is 1. The van der Waals surface area contributed by atoms with E-state index in [9.17, 15) is 4.79 Å². The second kappa shape index (κ2) is 5.24. The topological polar surface area (TPSA) is 49.8 Å². The first kappa shape index (κ1) is 10.5. The normalized spacial score (nSPS) is 9.57. The van der Waals surface area contributed by atoms with E-state index in [1.54, 1.807) is 12.1 Å². The van der Waals surface area contributed by atoms with Gasteiger partial charge in [-0.1, -0.05) is 18.2 Å². The molecule has 0 aliphatic carbocycles. The number of aliphatic hydroxyl groups excluding tert-OH is 1. The van der Waals surface area contributed by atoms with Gasteiger partial charge < -0.3 is 9.84 Å². The van der Waals surface area contributed by atoms with E-state index in [0.29, 0.717) is 5.69 Å². The van der Waals surface area contributed by atoms with Gasteiger partial charge in [0.05, 0.1) is 20.3 Å². The van der Waals surface area contributed by atoms with Crippen molar-refractivity contribution in [2.75, 3.05) is 25.2 Å². The van der Waals surface area contributed by atoms with Gasteiger partial charge in [-0.3, -0.25) is 4.90 Å². The van der Waals surface area contributed by atoms with Crippen molar-refractivity contribution in [2.24, 2.45) is 0 Å². The van der Waals surface area contributed by atoms with Crippen molar-refractivity contribution in [1.29, 1.82) is 0 Å². The summed E-state index contributed by atoms with van der Waals surface area (Å²) in [6.45, 7) is 0.140. The van der Waals surface area contributed by atoms with Crippen LogP contribution in [-0.2, 0) is 4.74 Å². The SMILES string of the molecule is COC(=O)N(CCO)c1ccccc1. The first-order chi connectivity index (χ1) is 6.79. The number of nitrogens with zero attached hydrogens (tertiary/aromatic N) is 1. The van der Waals surface area contributed by atoms with Crippen LogP contribution >= 0.6 is 0 Å². The first-order valence-electron chi connectivity index (χ1n) is 4.31. The van der Waals surface area contributed by atoms with Crippen molar-refractivity contribution >= 4 is 11.8 Å². The number of methoxy groups -OCH3 is 1. The van der Waals surface area contributed by atoms with E-state index in [2.05, 4.69) is 4.74 Å². The second-order valence-corrected chi connectivity index (χ2v) is 2.68. The van der Waals surface area contributed by atoms with Gasteiger partial charge in [0.25, 0.3) is 0 Å². The van der Waals surface area contributed by atoms with Crippen LogP contribution in [0.2, 0.25) is 0 Å². The lowest BCUT2D eigenvalue weighted by molar-refractivity contribution is 0.176. The van der Waals surface area contributed by atoms with Gasteiger partial charge in [-0.25, -0.2) is 4.79 Å². The molecule has 0 heterocycles. The van der Waals surface area contributed by atoms with E-state index in [-0.39, 0.29) is 13.2 Å². The predicted octanol–water partition coefficient (Wildman–Crippen LogP) is 1.25. The Morgan fingerprint density at radius 2 is 2.07 bits per heavy atom. The number of anilines is 1. The van der Waals surface area contributed by atoms with Crippen LogP contribution < -0.4 is 4.90 Å². The fourth-order valence-corrected chi connectivity index (χ4v) is 1.14. The van der Waals surface area contributed by atoms with Gasteiger partial charge in [0.1, 0.15) is 0 Å². The van der Waals surface area contributed by atoms with Crippen LogP contribution in [0.3, 0.4) is 0 Å². The summed E-state index contributed by atoms with van der Waals surface area (Å²) in [6, 6.07) is 9.07. The van der Waals surface area contributed by atoms with Gasteiger partial charge in [0.2, 0.25) is 0 Å². The molecule has 14 heavy (non-hydrogen) atoms. The van der Waals surface area contributed by atoms with E-state index >= 15 is 0 Å². The fraction of sp³-hybridized carbons (Fsp3) is 0.300. The third kappa shape index (κ3) is 2.47. The summed E-state index contributed by atoms with van der Waals surface area (Å²) in [5.74, 6) is 0. The van der Waals surface area contributed by atoms with Gasteiger partial charge in [-0.15, -0.1) is 0 Å². The number of carbonyl (C=O) groups excluding carboxylic acids is 1. The van der Waals surface area contributed by atoms with Crippen molar-refractivity contribution < 1.29 is 14.6 Å². The molecular weight excluding hydrogens is 182 g/mol. The third-order valence-electron chi connectivity index (χ3n) is 1.79. The fourth-order valence-electron chi connectivity index (χ4n) is 1.14. The van der Waals surface area contributed by atoms with Crippen LogP contribution in [0.15, 0.2) is 30.3 Å². The maximum atomic E-state index is 11.3. The highest BCUT2D eigenvalue weighted by Gasteiger charge is 2.14. The average molecular weight is 195 g/mol. The summed E-state index contributed by atoms with van der Waals surface area (Å²) in [7, 11) is 1.32. The molecule has 0 saturated carbocycles. The smallest absolute Gasteiger partial charge is 0.414 e. The maximum Gasteiger partial charge on any atom is 0.414 e. The van der Waals surface area contributed by atoms with E-state index < -0.39 is 6.09 Å². The standard InChI is InChI=1S/C10H13NO3/c1-14-10(13)11(7-8-12)9-5-3-2-4-6-9/h2-6,12H,7-8H2,1H3. The number of rotatable bonds is 3. The van der Waals surface area contributed by atoms with Crippen LogP contribution in [0.25, 0.3) is 0 Å². The molecule has 0 saturated heterocycles. The summed E-state index contributed by atoms with van der Waals surface area (Å²) in [4.78, 5) is 12.7. The van der Waals surface area contributed by atoms with Crippen molar-refractivity contribution in [1.82, 2.24) is 0 Å². The molecule has 0 spiro atoms. The lowest BCUT2D eigenvalue weighted by Crippen LogP contribution is -2.33. The minimum absolute atomic E-state index is 0.0933. The summed E-state index contributed by atoms with van der Waals surface area (Å²) in [6.07, 6.45) is -0.467. The van der Waals surface area contributed by atoms with E-state index in [0.717, 1.165) is 0 Å². The lowest BCUT2D eigenvalue weighted by atomic mass is 10.3. The number of ether oxygens (including phenoxy) is 1. The minimum Gasteiger partial charge on any atom is -0.452 e. The van der Waals surface area contributed by atoms with Crippen molar-refractivity contribution in [3.63, 3.8) is 0 Å². The number of hydrogen-bond acceptors (Lipinski definition) is 3. The molecule has 0 fully saturated rings. The molecule has 76 valence electrons. The van der Waals surface area contributed by atoms with Gasteiger partial charge in [0.15, 0.2) is 0 Å². The Hall–Kier alpha value is -1.55. The van der Waals surface area contributed by atoms with Crippen molar-refractivity contribution in [3.05, 3.63) is 30.3 Å². The lowest BCUT2D eigenvalue weighted by Gasteiger charge is -2.19.